The third kappa shape index (κ3) is 4.86. The van der Waals surface area contributed by atoms with Crippen LogP contribution in [0.3, 0.4) is 0 Å². The van der Waals surface area contributed by atoms with Crippen molar-refractivity contribution in [3.63, 3.8) is 0 Å². The molecule has 1 fully saturated rings. The molecule has 218 valence electrons. The molecule has 6 rings (SSSR count). The third-order valence-electron chi connectivity index (χ3n) is 8.18. The maximum Gasteiger partial charge on any atom is 0.265 e. The van der Waals surface area contributed by atoms with E-state index in [1.54, 1.807) is 42.3 Å². The van der Waals surface area contributed by atoms with Crippen LogP contribution < -0.4 is 5.32 Å². The van der Waals surface area contributed by atoms with Crippen molar-refractivity contribution in [2.24, 2.45) is 0 Å². The summed E-state index contributed by atoms with van der Waals surface area (Å²) in [5.74, 6) is -0.246. The van der Waals surface area contributed by atoms with E-state index in [1.165, 1.54) is 15.2 Å². The molecule has 4 heterocycles. The van der Waals surface area contributed by atoms with Crippen molar-refractivity contribution in [2.45, 2.75) is 32.7 Å². The smallest absolute Gasteiger partial charge is 0.265 e. The molecule has 5 aromatic rings. The van der Waals surface area contributed by atoms with E-state index in [4.69, 9.17) is 0 Å². The van der Waals surface area contributed by atoms with Crippen LogP contribution >= 0.6 is 0 Å². The molecule has 11 nitrogen and oxygen atoms in total. The van der Waals surface area contributed by atoms with Crippen molar-refractivity contribution in [2.75, 3.05) is 24.2 Å². The lowest BCUT2D eigenvalue weighted by Crippen LogP contribution is -2.64. The third-order valence-corrected chi connectivity index (χ3v) is 9.96. The number of para-hydroxylation sites is 1. The second-order valence-electron chi connectivity index (χ2n) is 10.8. The Balaban J connectivity index is 1.32. The van der Waals surface area contributed by atoms with Gasteiger partial charge in [0.15, 0.2) is 5.65 Å². The number of hydrogen-bond acceptors (Lipinski definition) is 8. The normalized spacial score (nSPS) is 14.7. The number of nitrogens with zero attached hydrogens (tertiary/aromatic N) is 7. The maximum atomic E-state index is 13.9. The number of anilines is 2. The fourth-order valence-corrected chi connectivity index (χ4v) is 6.70. The minimum Gasteiger partial charge on any atom is -0.355 e. The number of carbonyl (C=O) groups is 1. The lowest BCUT2D eigenvalue weighted by Gasteiger charge is -2.47. The van der Waals surface area contributed by atoms with Crippen molar-refractivity contribution in [1.29, 1.82) is 5.26 Å². The van der Waals surface area contributed by atoms with E-state index in [9.17, 15) is 18.5 Å². The molecule has 3 aromatic heterocycles. The summed E-state index contributed by atoms with van der Waals surface area (Å²) in [5, 5.41) is 18.1. The Bertz CT molecular complexity index is 2020. The summed E-state index contributed by atoms with van der Waals surface area (Å²) in [4.78, 5) is 22.8. The first-order chi connectivity index (χ1) is 20.7. The lowest BCUT2D eigenvalue weighted by molar-refractivity contribution is 0.0719. The Morgan fingerprint density at radius 3 is 2.60 bits per heavy atom. The number of hydrogen-bond donors (Lipinski definition) is 1. The van der Waals surface area contributed by atoms with Crippen LogP contribution in [0.15, 0.2) is 73.4 Å². The lowest BCUT2D eigenvalue weighted by atomic mass is 9.89. The molecule has 0 aliphatic carbocycles. The summed E-state index contributed by atoms with van der Waals surface area (Å²) in [6, 6.07) is 17.4. The van der Waals surface area contributed by atoms with Gasteiger partial charge >= 0.3 is 0 Å². The number of nitrogens with one attached hydrogen (secondary N) is 1. The fourth-order valence-electron chi connectivity index (χ4n) is 5.46. The molecule has 0 spiro atoms. The number of carbonyl (C=O) groups excluding carboxylic acids is 1. The van der Waals surface area contributed by atoms with Crippen molar-refractivity contribution in [3.8, 4) is 17.3 Å². The number of aryl methyl sites for hydroxylation is 1. The average molecular weight is 595 g/mol. The molecule has 0 atom stereocenters. The van der Waals surface area contributed by atoms with Crippen molar-refractivity contribution in [1.82, 2.24) is 28.6 Å². The predicted octanol–water partition coefficient (Wildman–Crippen LogP) is 4.62. The van der Waals surface area contributed by atoms with Gasteiger partial charge in [-0.3, -0.25) is 14.0 Å². The molecule has 1 saturated heterocycles. The van der Waals surface area contributed by atoms with E-state index in [0.29, 0.717) is 33.5 Å². The minimum atomic E-state index is -3.36. The number of sulfonamides is 1. The molecule has 1 aliphatic heterocycles. The van der Waals surface area contributed by atoms with Gasteiger partial charge in [0.1, 0.15) is 11.9 Å². The Hall–Kier alpha value is -4.86. The second kappa shape index (κ2) is 10.8. The molecular weight excluding hydrogens is 564 g/mol. The molecule has 0 saturated carbocycles. The van der Waals surface area contributed by atoms with Crippen LogP contribution in [0.25, 0.3) is 22.3 Å². The Labute approximate surface area is 249 Å². The predicted molar refractivity (Wildman–Crippen MR) is 163 cm³/mol. The SMILES string of the molecule is CCS(=O)(=O)N1CC(CC#N)(n2cc(-c3ncnc4c3ccn4C(=O)c3ccccc3Nc3cccc(C)c3C)cn2)C1. The van der Waals surface area contributed by atoms with Gasteiger partial charge in [-0.1, -0.05) is 24.3 Å². The Morgan fingerprint density at radius 2 is 1.84 bits per heavy atom. The highest BCUT2D eigenvalue weighted by molar-refractivity contribution is 7.89. The van der Waals surface area contributed by atoms with Gasteiger partial charge in [-0.25, -0.2) is 18.4 Å². The highest BCUT2D eigenvalue weighted by atomic mass is 32.2. The first-order valence-electron chi connectivity index (χ1n) is 13.9. The van der Waals surface area contributed by atoms with Crippen LogP contribution in [-0.4, -0.2) is 61.8 Å². The summed E-state index contributed by atoms with van der Waals surface area (Å²) in [5.41, 5.74) is 5.29. The van der Waals surface area contributed by atoms with Crippen LogP contribution in [0.2, 0.25) is 0 Å². The molecule has 1 aliphatic rings. The summed E-state index contributed by atoms with van der Waals surface area (Å²) < 4.78 is 29.2. The summed E-state index contributed by atoms with van der Waals surface area (Å²) in [7, 11) is -3.36. The number of fused-ring (bicyclic) bond motifs is 1. The Morgan fingerprint density at radius 1 is 1.07 bits per heavy atom. The Kier molecular flexibility index (Phi) is 7.07. The highest BCUT2D eigenvalue weighted by Gasteiger charge is 2.49. The van der Waals surface area contributed by atoms with Crippen molar-refractivity contribution >= 4 is 38.3 Å². The molecule has 0 amide bonds. The van der Waals surface area contributed by atoms with Crippen LogP contribution in [0, 0.1) is 25.2 Å². The van der Waals surface area contributed by atoms with Gasteiger partial charge in [-0.15, -0.1) is 0 Å². The minimum absolute atomic E-state index is 0.000716. The molecule has 2 aromatic carbocycles. The van der Waals surface area contributed by atoms with E-state index in [0.717, 1.165) is 16.8 Å². The van der Waals surface area contributed by atoms with Crippen LogP contribution in [0.5, 0.6) is 0 Å². The van der Waals surface area contributed by atoms with Gasteiger partial charge in [0.05, 0.1) is 41.4 Å². The van der Waals surface area contributed by atoms with Gasteiger partial charge in [0.2, 0.25) is 10.0 Å². The van der Waals surface area contributed by atoms with E-state index >= 15 is 0 Å². The first-order valence-corrected chi connectivity index (χ1v) is 15.5. The highest BCUT2D eigenvalue weighted by Crippen LogP contribution is 2.36. The van der Waals surface area contributed by atoms with Gasteiger partial charge in [-0.05, 0) is 56.2 Å². The molecule has 0 bridgehead atoms. The number of benzene rings is 2. The van der Waals surface area contributed by atoms with Gasteiger partial charge in [0.25, 0.3) is 5.91 Å². The first kappa shape index (κ1) is 28.3. The number of nitriles is 1. The molecule has 1 N–H and O–H groups in total. The van der Waals surface area contributed by atoms with E-state index in [2.05, 4.69) is 26.5 Å². The van der Waals surface area contributed by atoms with Crippen LogP contribution in [0.4, 0.5) is 11.4 Å². The maximum absolute atomic E-state index is 13.9. The van der Waals surface area contributed by atoms with Gasteiger partial charge in [0, 0.05) is 42.1 Å². The van der Waals surface area contributed by atoms with Crippen molar-refractivity contribution in [3.05, 3.63) is 90.1 Å². The molecule has 0 unspecified atom stereocenters. The van der Waals surface area contributed by atoms with Crippen LogP contribution in [0.1, 0.15) is 34.8 Å². The molecule has 12 heteroatoms. The average Bonchev–Trinajstić information content (AvgIpc) is 3.65. The summed E-state index contributed by atoms with van der Waals surface area (Å²) >= 11 is 0. The van der Waals surface area contributed by atoms with Gasteiger partial charge < -0.3 is 5.32 Å². The fraction of sp³-hybridized carbons (Fsp3) is 0.258. The van der Waals surface area contributed by atoms with E-state index < -0.39 is 15.6 Å². The second-order valence-corrected chi connectivity index (χ2v) is 13.0. The zero-order chi connectivity index (χ0) is 30.4. The molecule has 0 radical (unpaired) electrons. The summed E-state index contributed by atoms with van der Waals surface area (Å²) in [6.07, 6.45) is 6.62. The van der Waals surface area contributed by atoms with E-state index in [1.807, 2.05) is 50.2 Å². The topological polar surface area (TPSA) is 139 Å². The molecule has 43 heavy (non-hydrogen) atoms. The van der Waals surface area contributed by atoms with Gasteiger partial charge in [-0.2, -0.15) is 14.7 Å². The monoisotopic (exact) mass is 594 g/mol. The van der Waals surface area contributed by atoms with E-state index in [-0.39, 0.29) is 31.2 Å². The standard InChI is InChI=1S/C31H30N8O3S/c1-4-43(41,42)37-18-31(19-37,13-14-32)39-17-23(16-35-39)28-25-12-15-38(29(25)34-20-33-28)30(40)24-9-5-6-10-27(24)36-26-11-7-8-21(2)22(26)3/h5-12,15-17,20,36H,4,13,18-19H2,1-3H3. The van der Waals surface area contributed by atoms with Crippen molar-refractivity contribution < 1.29 is 13.2 Å². The number of aromatic nitrogens is 5. The zero-order valence-electron chi connectivity index (χ0n) is 24.0. The zero-order valence-corrected chi connectivity index (χ0v) is 24.8. The van der Waals surface area contributed by atoms with Crippen LogP contribution in [-0.2, 0) is 15.6 Å². The molecular formula is C31H30N8O3S. The number of rotatable bonds is 8. The quantitative estimate of drug-likeness (QED) is 0.275. The summed E-state index contributed by atoms with van der Waals surface area (Å²) in [6.45, 7) is 6.04. The largest absolute Gasteiger partial charge is 0.355 e.